The third kappa shape index (κ3) is 2.85. The molecule has 0 amide bonds. The van der Waals surface area contributed by atoms with Crippen LogP contribution in [0.3, 0.4) is 0 Å². The quantitative estimate of drug-likeness (QED) is 0.910. The second-order valence-electron chi connectivity index (χ2n) is 7.48. The van der Waals surface area contributed by atoms with Crippen LogP contribution in [0.5, 0.6) is 0 Å². The molecule has 2 aliphatic rings. The Hall–Kier alpha value is -0.960. The van der Waals surface area contributed by atoms with Gasteiger partial charge in [0.2, 0.25) is 0 Å². The van der Waals surface area contributed by atoms with E-state index in [4.69, 9.17) is 4.99 Å². The van der Waals surface area contributed by atoms with Gasteiger partial charge in [-0.05, 0) is 28.7 Å². The van der Waals surface area contributed by atoms with Crippen molar-refractivity contribution in [1.82, 2.24) is 5.32 Å². The number of benzene rings is 1. The molecular weight excluding hydrogens is 276 g/mol. The smallest absolute Gasteiger partial charge is 0.156 e. The van der Waals surface area contributed by atoms with Crippen molar-refractivity contribution in [3.8, 4) is 0 Å². The monoisotopic (exact) mass is 302 g/mol. The number of amidine groups is 1. The first-order valence-corrected chi connectivity index (χ1v) is 8.87. The van der Waals surface area contributed by atoms with Crippen molar-refractivity contribution >= 4 is 16.9 Å². The second kappa shape index (κ2) is 5.35. The van der Waals surface area contributed by atoms with E-state index in [0.717, 1.165) is 23.9 Å². The summed E-state index contributed by atoms with van der Waals surface area (Å²) in [6, 6.07) is 11.2. The minimum absolute atomic E-state index is 0.434. The highest BCUT2D eigenvalue weighted by Gasteiger charge is 2.64. The van der Waals surface area contributed by atoms with Crippen LogP contribution in [0, 0.1) is 16.7 Å². The van der Waals surface area contributed by atoms with Gasteiger partial charge in [-0.25, -0.2) is 0 Å². The van der Waals surface area contributed by atoms with Crippen LogP contribution >= 0.6 is 11.8 Å². The van der Waals surface area contributed by atoms with Crippen LogP contribution in [0.2, 0.25) is 0 Å². The summed E-state index contributed by atoms with van der Waals surface area (Å²) in [7, 11) is 0. The van der Waals surface area contributed by atoms with E-state index in [0.29, 0.717) is 22.8 Å². The average molecular weight is 302 g/mol. The molecule has 1 aromatic rings. The Kier molecular flexibility index (Phi) is 3.81. The van der Waals surface area contributed by atoms with E-state index in [1.54, 1.807) is 0 Å². The number of nitrogens with one attached hydrogen (secondary N) is 1. The number of rotatable bonds is 4. The van der Waals surface area contributed by atoms with Gasteiger partial charge in [0, 0.05) is 18.3 Å². The molecule has 1 heterocycles. The molecule has 1 atom stereocenters. The molecule has 1 unspecified atom stereocenters. The van der Waals surface area contributed by atoms with E-state index < -0.39 is 0 Å². The molecule has 0 bridgehead atoms. The van der Waals surface area contributed by atoms with E-state index in [-0.39, 0.29) is 0 Å². The van der Waals surface area contributed by atoms with Crippen molar-refractivity contribution in [2.75, 3.05) is 12.3 Å². The Morgan fingerprint density at radius 3 is 2.43 bits per heavy atom. The predicted octanol–water partition coefficient (Wildman–Crippen LogP) is 3.97. The van der Waals surface area contributed by atoms with Gasteiger partial charge in [0.05, 0.1) is 0 Å². The normalized spacial score (nSPS) is 28.6. The minimum atomic E-state index is 0.434. The maximum Gasteiger partial charge on any atom is 0.156 e. The van der Waals surface area contributed by atoms with Gasteiger partial charge in [0.15, 0.2) is 5.17 Å². The van der Waals surface area contributed by atoms with Crippen molar-refractivity contribution < 1.29 is 0 Å². The molecule has 0 aromatic heterocycles. The van der Waals surface area contributed by atoms with Crippen molar-refractivity contribution in [1.29, 1.82) is 0 Å². The first-order valence-electron chi connectivity index (χ1n) is 7.89. The van der Waals surface area contributed by atoms with Gasteiger partial charge in [-0.15, -0.1) is 0 Å². The van der Waals surface area contributed by atoms with Gasteiger partial charge in [-0.2, -0.15) is 0 Å². The van der Waals surface area contributed by atoms with Crippen molar-refractivity contribution in [3.63, 3.8) is 0 Å². The molecule has 2 fully saturated rings. The third-order valence-electron chi connectivity index (χ3n) is 5.81. The lowest BCUT2D eigenvalue weighted by Gasteiger charge is -2.09. The summed E-state index contributed by atoms with van der Waals surface area (Å²) in [6.07, 6.45) is 1.09. The summed E-state index contributed by atoms with van der Waals surface area (Å²) in [6.45, 7) is 10.4. The van der Waals surface area contributed by atoms with Crippen LogP contribution in [0.25, 0.3) is 0 Å². The van der Waals surface area contributed by atoms with E-state index >= 15 is 0 Å². The molecule has 0 radical (unpaired) electrons. The SMILES string of the molecule is CC1(C)C(CN=C2NC(Cc3ccccc3)CS2)C1(C)C. The van der Waals surface area contributed by atoms with Crippen LogP contribution in [-0.4, -0.2) is 23.5 Å². The van der Waals surface area contributed by atoms with Crippen LogP contribution < -0.4 is 5.32 Å². The Balaban J connectivity index is 1.52. The van der Waals surface area contributed by atoms with Crippen LogP contribution in [0.4, 0.5) is 0 Å². The average Bonchev–Trinajstić information content (AvgIpc) is 2.77. The molecule has 2 nitrogen and oxygen atoms in total. The van der Waals surface area contributed by atoms with Gasteiger partial charge in [0.25, 0.3) is 0 Å². The largest absolute Gasteiger partial charge is 0.361 e. The Bertz CT molecular complexity index is 519. The molecule has 0 spiro atoms. The van der Waals surface area contributed by atoms with E-state index in [9.17, 15) is 0 Å². The van der Waals surface area contributed by atoms with E-state index in [1.165, 1.54) is 5.56 Å². The molecular formula is C18H26N2S. The number of thioether (sulfide) groups is 1. The van der Waals surface area contributed by atoms with Gasteiger partial charge in [-0.3, -0.25) is 4.99 Å². The Morgan fingerprint density at radius 1 is 1.14 bits per heavy atom. The molecule has 1 aliphatic heterocycles. The lowest BCUT2D eigenvalue weighted by Crippen LogP contribution is -2.29. The fourth-order valence-electron chi connectivity index (χ4n) is 3.50. The number of aliphatic imine (C=N–C) groups is 1. The summed E-state index contributed by atoms with van der Waals surface area (Å²) in [5.74, 6) is 1.85. The summed E-state index contributed by atoms with van der Waals surface area (Å²) >= 11 is 1.88. The standard InChI is InChI=1S/C18H26N2S/c1-17(2)15(18(17,3)4)11-19-16-20-14(12-21-16)10-13-8-6-5-7-9-13/h5-9,14-15H,10-12H2,1-4H3,(H,19,20). The second-order valence-corrected chi connectivity index (χ2v) is 8.49. The zero-order valence-electron chi connectivity index (χ0n) is 13.5. The predicted molar refractivity (Wildman–Crippen MR) is 92.9 cm³/mol. The number of hydrogen-bond acceptors (Lipinski definition) is 2. The molecule has 114 valence electrons. The molecule has 1 aromatic carbocycles. The van der Waals surface area contributed by atoms with E-state index in [1.807, 2.05) is 11.8 Å². The number of hydrogen-bond donors (Lipinski definition) is 1. The van der Waals surface area contributed by atoms with Crippen molar-refractivity contribution in [3.05, 3.63) is 35.9 Å². The summed E-state index contributed by atoms with van der Waals surface area (Å²) in [5, 5.41) is 4.74. The minimum Gasteiger partial charge on any atom is -0.361 e. The molecule has 1 N–H and O–H groups in total. The molecule has 21 heavy (non-hydrogen) atoms. The highest BCUT2D eigenvalue weighted by atomic mass is 32.2. The summed E-state index contributed by atoms with van der Waals surface area (Å²) in [4.78, 5) is 4.84. The third-order valence-corrected chi connectivity index (χ3v) is 6.90. The molecule has 1 saturated carbocycles. The molecule has 1 saturated heterocycles. The Morgan fingerprint density at radius 2 is 1.81 bits per heavy atom. The fraction of sp³-hybridized carbons (Fsp3) is 0.611. The highest BCUT2D eigenvalue weighted by Crippen LogP contribution is 2.68. The van der Waals surface area contributed by atoms with E-state index in [2.05, 4.69) is 63.3 Å². The van der Waals surface area contributed by atoms with Gasteiger partial charge >= 0.3 is 0 Å². The zero-order chi connectivity index (χ0) is 15.1. The number of nitrogens with zero attached hydrogens (tertiary/aromatic N) is 1. The van der Waals surface area contributed by atoms with Crippen LogP contribution in [0.1, 0.15) is 33.3 Å². The van der Waals surface area contributed by atoms with Crippen molar-refractivity contribution in [2.24, 2.45) is 21.7 Å². The summed E-state index contributed by atoms with van der Waals surface area (Å²) in [5.41, 5.74) is 2.27. The van der Waals surface area contributed by atoms with Gasteiger partial charge < -0.3 is 5.32 Å². The first-order chi connectivity index (χ1) is 9.91. The van der Waals surface area contributed by atoms with Gasteiger partial charge in [-0.1, -0.05) is 69.8 Å². The zero-order valence-corrected chi connectivity index (χ0v) is 14.3. The molecule has 3 rings (SSSR count). The first kappa shape index (κ1) is 15.0. The van der Waals surface area contributed by atoms with Gasteiger partial charge in [0.1, 0.15) is 0 Å². The molecule has 1 aliphatic carbocycles. The highest BCUT2D eigenvalue weighted by molar-refractivity contribution is 8.14. The maximum atomic E-state index is 4.84. The molecule has 3 heteroatoms. The maximum absolute atomic E-state index is 4.84. The Labute approximate surface area is 132 Å². The topological polar surface area (TPSA) is 24.4 Å². The van der Waals surface area contributed by atoms with Crippen LogP contribution in [-0.2, 0) is 6.42 Å². The fourth-order valence-corrected chi connectivity index (χ4v) is 4.48. The van der Waals surface area contributed by atoms with Crippen LogP contribution in [0.15, 0.2) is 35.3 Å². The lowest BCUT2D eigenvalue weighted by molar-refractivity contribution is 0.457. The summed E-state index contributed by atoms with van der Waals surface area (Å²) < 4.78 is 0. The lowest BCUT2D eigenvalue weighted by atomic mass is 10.0. The van der Waals surface area contributed by atoms with Crippen molar-refractivity contribution in [2.45, 2.75) is 40.2 Å².